The normalized spacial score (nSPS) is 19.5. The van der Waals surface area contributed by atoms with E-state index < -0.39 is 0 Å². The number of hydrogen-bond donors (Lipinski definition) is 1. The molecule has 88 valence electrons. The van der Waals surface area contributed by atoms with E-state index in [2.05, 4.69) is 18.3 Å². The van der Waals surface area contributed by atoms with Crippen molar-refractivity contribution < 1.29 is 4.79 Å². The number of hydrogen-bond acceptors (Lipinski definition) is 1. The summed E-state index contributed by atoms with van der Waals surface area (Å²) in [5.74, 6) is 0. The van der Waals surface area contributed by atoms with Crippen molar-refractivity contribution in [3.8, 4) is 0 Å². The Bertz CT molecular complexity index is 222. The topological polar surface area (TPSA) is 32.3 Å². The molecule has 0 bridgehead atoms. The van der Waals surface area contributed by atoms with Crippen LogP contribution in [-0.4, -0.2) is 31.1 Å². The van der Waals surface area contributed by atoms with E-state index in [9.17, 15) is 4.79 Å². The minimum atomic E-state index is 0.0120. The second-order valence-corrected chi connectivity index (χ2v) is 3.87. The molecule has 15 heavy (non-hydrogen) atoms. The van der Waals surface area contributed by atoms with Gasteiger partial charge >= 0.3 is 6.03 Å². The Balaban J connectivity index is 0.000000921. The Morgan fingerprint density at radius 3 is 2.47 bits per heavy atom. The third-order valence-corrected chi connectivity index (χ3v) is 2.37. The molecule has 1 atom stereocenters. The first kappa shape index (κ1) is 14.0. The van der Waals surface area contributed by atoms with Gasteiger partial charge in [-0.25, -0.2) is 4.79 Å². The standard InChI is InChI=1S/C10H18N2O.C2H6/c1-8-4-6-9(7-5-8)11-10(13)12(2)3;1-2/h4,9H,5-7H2,1-3H3,(H,11,13);1-2H3. The SMILES string of the molecule is CC.CC1=CCC(NC(=O)N(C)C)CC1. The second kappa shape index (κ2) is 7.32. The maximum atomic E-state index is 11.3. The molecule has 0 aromatic heterocycles. The average Bonchev–Trinajstić information content (AvgIpc) is 2.24. The summed E-state index contributed by atoms with van der Waals surface area (Å²) < 4.78 is 0. The third kappa shape index (κ3) is 5.45. The highest BCUT2D eigenvalue weighted by molar-refractivity contribution is 5.73. The van der Waals surface area contributed by atoms with Crippen molar-refractivity contribution in [1.82, 2.24) is 10.2 Å². The van der Waals surface area contributed by atoms with Gasteiger partial charge in [-0.3, -0.25) is 0 Å². The molecule has 2 amide bonds. The van der Waals surface area contributed by atoms with Gasteiger partial charge in [0.05, 0.1) is 0 Å². The van der Waals surface area contributed by atoms with E-state index in [-0.39, 0.29) is 6.03 Å². The molecule has 1 rings (SSSR count). The summed E-state index contributed by atoms with van der Waals surface area (Å²) in [4.78, 5) is 12.9. The number of nitrogens with one attached hydrogen (secondary N) is 1. The molecule has 0 aromatic carbocycles. The molecular formula is C12H24N2O. The summed E-state index contributed by atoms with van der Waals surface area (Å²) >= 11 is 0. The van der Waals surface area contributed by atoms with Crippen LogP contribution in [0, 0.1) is 0 Å². The third-order valence-electron chi connectivity index (χ3n) is 2.37. The zero-order valence-electron chi connectivity index (χ0n) is 10.6. The molecule has 0 saturated heterocycles. The van der Waals surface area contributed by atoms with E-state index in [4.69, 9.17) is 0 Å². The first-order chi connectivity index (χ1) is 7.09. The molecule has 1 N–H and O–H groups in total. The zero-order valence-corrected chi connectivity index (χ0v) is 10.6. The monoisotopic (exact) mass is 212 g/mol. The van der Waals surface area contributed by atoms with Crippen LogP contribution in [0.15, 0.2) is 11.6 Å². The molecule has 0 heterocycles. The van der Waals surface area contributed by atoms with Crippen molar-refractivity contribution in [2.45, 2.75) is 46.1 Å². The first-order valence-corrected chi connectivity index (χ1v) is 5.73. The lowest BCUT2D eigenvalue weighted by atomic mass is 9.96. The fourth-order valence-corrected chi connectivity index (χ4v) is 1.40. The fraction of sp³-hybridized carbons (Fsp3) is 0.750. The minimum absolute atomic E-state index is 0.0120. The van der Waals surface area contributed by atoms with Gasteiger partial charge in [0.1, 0.15) is 0 Å². The van der Waals surface area contributed by atoms with Crippen molar-refractivity contribution in [3.63, 3.8) is 0 Å². The molecular weight excluding hydrogens is 188 g/mol. The molecule has 3 nitrogen and oxygen atoms in total. The summed E-state index contributed by atoms with van der Waals surface area (Å²) in [6.45, 7) is 6.14. The number of urea groups is 1. The van der Waals surface area contributed by atoms with Gasteiger partial charge in [-0.2, -0.15) is 0 Å². The number of rotatable bonds is 1. The predicted octanol–water partition coefficient (Wildman–Crippen LogP) is 2.78. The van der Waals surface area contributed by atoms with Gasteiger partial charge in [-0.1, -0.05) is 25.5 Å². The van der Waals surface area contributed by atoms with Crippen LogP contribution in [0.4, 0.5) is 4.79 Å². The van der Waals surface area contributed by atoms with Gasteiger partial charge in [0.15, 0.2) is 0 Å². The summed E-state index contributed by atoms with van der Waals surface area (Å²) in [5, 5.41) is 2.98. The molecule has 0 saturated carbocycles. The number of amides is 2. The van der Waals surface area contributed by atoms with Gasteiger partial charge < -0.3 is 10.2 Å². The molecule has 0 aliphatic heterocycles. The van der Waals surface area contributed by atoms with Crippen LogP contribution in [-0.2, 0) is 0 Å². The van der Waals surface area contributed by atoms with Crippen molar-refractivity contribution in [1.29, 1.82) is 0 Å². The number of allylic oxidation sites excluding steroid dienone is 1. The maximum Gasteiger partial charge on any atom is 0.317 e. The number of carbonyl (C=O) groups excluding carboxylic acids is 1. The van der Waals surface area contributed by atoms with E-state index in [0.29, 0.717) is 6.04 Å². The smallest absolute Gasteiger partial charge is 0.317 e. The molecule has 3 heteroatoms. The Kier molecular flexibility index (Phi) is 6.84. The Hall–Kier alpha value is -0.990. The van der Waals surface area contributed by atoms with Crippen LogP contribution in [0.1, 0.15) is 40.0 Å². The Morgan fingerprint density at radius 1 is 1.47 bits per heavy atom. The highest BCUT2D eigenvalue weighted by atomic mass is 16.2. The van der Waals surface area contributed by atoms with E-state index in [1.54, 1.807) is 19.0 Å². The lowest BCUT2D eigenvalue weighted by molar-refractivity contribution is 0.212. The van der Waals surface area contributed by atoms with Gasteiger partial charge in [0, 0.05) is 20.1 Å². The lowest BCUT2D eigenvalue weighted by Gasteiger charge is -2.23. The fourth-order valence-electron chi connectivity index (χ4n) is 1.40. The van der Waals surface area contributed by atoms with Crippen molar-refractivity contribution >= 4 is 6.03 Å². The van der Waals surface area contributed by atoms with E-state index >= 15 is 0 Å². The first-order valence-electron chi connectivity index (χ1n) is 5.73. The van der Waals surface area contributed by atoms with Gasteiger partial charge in [0.2, 0.25) is 0 Å². The maximum absolute atomic E-state index is 11.3. The van der Waals surface area contributed by atoms with E-state index in [1.807, 2.05) is 13.8 Å². The number of carbonyl (C=O) groups is 1. The van der Waals surface area contributed by atoms with Gasteiger partial charge in [-0.05, 0) is 26.2 Å². The quantitative estimate of drug-likeness (QED) is 0.666. The highest BCUT2D eigenvalue weighted by Crippen LogP contribution is 2.17. The van der Waals surface area contributed by atoms with Crippen LogP contribution >= 0.6 is 0 Å². The lowest BCUT2D eigenvalue weighted by Crippen LogP contribution is -2.41. The highest BCUT2D eigenvalue weighted by Gasteiger charge is 2.15. The minimum Gasteiger partial charge on any atom is -0.335 e. The molecule has 0 fully saturated rings. The van der Waals surface area contributed by atoms with Crippen molar-refractivity contribution in [3.05, 3.63) is 11.6 Å². The summed E-state index contributed by atoms with van der Waals surface area (Å²) in [6, 6.07) is 0.344. The second-order valence-electron chi connectivity index (χ2n) is 3.87. The van der Waals surface area contributed by atoms with Gasteiger partial charge in [-0.15, -0.1) is 0 Å². The Morgan fingerprint density at radius 2 is 2.07 bits per heavy atom. The molecule has 1 aliphatic rings. The summed E-state index contributed by atoms with van der Waals surface area (Å²) in [6.07, 6.45) is 5.37. The van der Waals surface area contributed by atoms with Crippen LogP contribution in [0.25, 0.3) is 0 Å². The largest absolute Gasteiger partial charge is 0.335 e. The molecule has 0 spiro atoms. The summed E-state index contributed by atoms with van der Waals surface area (Å²) in [7, 11) is 3.53. The molecule has 1 unspecified atom stereocenters. The summed E-state index contributed by atoms with van der Waals surface area (Å²) in [5.41, 5.74) is 1.44. The van der Waals surface area contributed by atoms with Crippen LogP contribution in [0.3, 0.4) is 0 Å². The molecule has 0 radical (unpaired) electrons. The van der Waals surface area contributed by atoms with Crippen molar-refractivity contribution in [2.75, 3.05) is 14.1 Å². The van der Waals surface area contributed by atoms with Crippen molar-refractivity contribution in [2.24, 2.45) is 0 Å². The predicted molar refractivity (Wildman–Crippen MR) is 65.0 cm³/mol. The number of nitrogens with zero attached hydrogens (tertiary/aromatic N) is 1. The van der Waals surface area contributed by atoms with Crippen LogP contribution in [0.2, 0.25) is 0 Å². The average molecular weight is 212 g/mol. The van der Waals surface area contributed by atoms with E-state index in [0.717, 1.165) is 19.3 Å². The van der Waals surface area contributed by atoms with Crippen LogP contribution < -0.4 is 5.32 Å². The molecule has 1 aliphatic carbocycles. The van der Waals surface area contributed by atoms with Gasteiger partial charge in [0.25, 0.3) is 0 Å². The molecule has 0 aromatic rings. The van der Waals surface area contributed by atoms with Crippen LogP contribution in [0.5, 0.6) is 0 Å². The Labute approximate surface area is 93.5 Å². The zero-order chi connectivity index (χ0) is 11.8. The van der Waals surface area contributed by atoms with E-state index in [1.165, 1.54) is 5.57 Å².